The van der Waals surface area contributed by atoms with Crippen molar-refractivity contribution >= 4 is 29.1 Å². The molecule has 0 radical (unpaired) electrons. The molecule has 0 bridgehead atoms. The Morgan fingerprint density at radius 2 is 1.80 bits per heavy atom. The van der Waals surface area contributed by atoms with Crippen molar-refractivity contribution in [3.05, 3.63) is 53.3 Å². The number of rotatable bonds is 7. The van der Waals surface area contributed by atoms with Crippen LogP contribution in [-0.4, -0.2) is 28.3 Å². The van der Waals surface area contributed by atoms with E-state index in [1.54, 1.807) is 12.3 Å². The minimum Gasteiger partial charge on any atom is -0.411 e. The van der Waals surface area contributed by atoms with Gasteiger partial charge in [-0.2, -0.15) is 0 Å². The lowest BCUT2D eigenvalue weighted by atomic mass is 10.2. The molecule has 0 amide bonds. The Morgan fingerprint density at radius 3 is 2.44 bits per heavy atom. The van der Waals surface area contributed by atoms with Gasteiger partial charge in [-0.1, -0.05) is 29.4 Å². The first-order valence-corrected chi connectivity index (χ1v) is 9.48. The molecule has 7 heteroatoms. The molecule has 0 saturated carbocycles. The van der Waals surface area contributed by atoms with Crippen molar-refractivity contribution in [3.63, 3.8) is 0 Å². The molecule has 130 valence electrons. The lowest BCUT2D eigenvalue weighted by molar-refractivity contribution is 0.466. The predicted molar refractivity (Wildman–Crippen MR) is 102 cm³/mol. The maximum absolute atomic E-state index is 5.79. The molecule has 0 aliphatic rings. The Hall–Kier alpha value is -2.05. The zero-order chi connectivity index (χ0) is 17.6. The first-order chi connectivity index (χ1) is 12.2. The molecule has 0 saturated heterocycles. The molecular weight excluding hydrogens is 356 g/mol. The third-order valence-corrected chi connectivity index (χ3v) is 4.91. The highest BCUT2D eigenvalue weighted by Crippen LogP contribution is 2.27. The Balaban J connectivity index is 1.65. The lowest BCUT2D eigenvalue weighted by Crippen LogP contribution is -2.21. The first kappa shape index (κ1) is 17.8. The van der Waals surface area contributed by atoms with Gasteiger partial charge in [0.15, 0.2) is 0 Å². The molecular formula is C18H19ClN4OS. The van der Waals surface area contributed by atoms with Crippen molar-refractivity contribution in [2.75, 3.05) is 18.0 Å². The third-order valence-electron chi connectivity index (χ3n) is 3.80. The molecule has 0 N–H and O–H groups in total. The molecule has 0 fully saturated rings. The van der Waals surface area contributed by atoms with E-state index in [4.69, 9.17) is 16.0 Å². The number of anilines is 1. The fourth-order valence-corrected chi connectivity index (χ4v) is 3.23. The van der Waals surface area contributed by atoms with E-state index in [0.29, 0.717) is 22.0 Å². The van der Waals surface area contributed by atoms with Gasteiger partial charge < -0.3 is 9.32 Å². The van der Waals surface area contributed by atoms with E-state index in [-0.39, 0.29) is 0 Å². The van der Waals surface area contributed by atoms with Crippen LogP contribution in [0.1, 0.15) is 19.4 Å². The fourth-order valence-electron chi connectivity index (χ4n) is 2.43. The van der Waals surface area contributed by atoms with Gasteiger partial charge in [-0.05, 0) is 49.7 Å². The van der Waals surface area contributed by atoms with Crippen molar-refractivity contribution < 1.29 is 4.42 Å². The average molecular weight is 375 g/mol. The molecule has 0 unspecified atom stereocenters. The summed E-state index contributed by atoms with van der Waals surface area (Å²) in [6.45, 7) is 6.26. The van der Waals surface area contributed by atoms with E-state index >= 15 is 0 Å². The Bertz CT molecular complexity index is 801. The smallest absolute Gasteiger partial charge is 0.277 e. The lowest BCUT2D eigenvalue weighted by Gasteiger charge is -2.20. The maximum atomic E-state index is 5.79. The summed E-state index contributed by atoms with van der Waals surface area (Å²) >= 11 is 7.27. The minimum atomic E-state index is 0.488. The summed E-state index contributed by atoms with van der Waals surface area (Å²) in [6, 6.07) is 11.9. The van der Waals surface area contributed by atoms with Crippen LogP contribution >= 0.6 is 23.4 Å². The van der Waals surface area contributed by atoms with Crippen LogP contribution in [-0.2, 0) is 5.75 Å². The number of thioether (sulfide) groups is 1. The van der Waals surface area contributed by atoms with E-state index in [9.17, 15) is 0 Å². The van der Waals surface area contributed by atoms with E-state index in [2.05, 4.69) is 46.1 Å². The number of hydrogen-bond acceptors (Lipinski definition) is 6. The molecule has 2 aromatic heterocycles. The van der Waals surface area contributed by atoms with Gasteiger partial charge in [0.25, 0.3) is 5.22 Å². The number of aromatic nitrogens is 3. The molecule has 2 heterocycles. The van der Waals surface area contributed by atoms with E-state index < -0.39 is 0 Å². The number of pyridine rings is 1. The summed E-state index contributed by atoms with van der Waals surface area (Å²) < 4.78 is 5.75. The first-order valence-electron chi connectivity index (χ1n) is 8.11. The molecule has 25 heavy (non-hydrogen) atoms. The fraction of sp³-hybridized carbons (Fsp3) is 0.278. The van der Waals surface area contributed by atoms with E-state index in [1.807, 2.05) is 18.2 Å². The number of benzene rings is 1. The minimum absolute atomic E-state index is 0.488. The zero-order valence-electron chi connectivity index (χ0n) is 14.1. The topological polar surface area (TPSA) is 55.1 Å². The summed E-state index contributed by atoms with van der Waals surface area (Å²) in [7, 11) is 0. The van der Waals surface area contributed by atoms with Crippen LogP contribution in [0.25, 0.3) is 11.5 Å². The standard InChI is InChI=1S/C18H19ClN4OS/c1-3-23(4-2)15-8-6-14(7-9-15)17-21-22-18(24-17)25-12-13-5-10-16(19)20-11-13/h5-11H,3-4,12H2,1-2H3. The van der Waals surface area contributed by atoms with Gasteiger partial charge >= 0.3 is 0 Å². The van der Waals surface area contributed by atoms with Crippen molar-refractivity contribution in [2.24, 2.45) is 0 Å². The molecule has 0 aliphatic carbocycles. The monoisotopic (exact) mass is 374 g/mol. The number of nitrogens with zero attached hydrogens (tertiary/aromatic N) is 4. The summed E-state index contributed by atoms with van der Waals surface area (Å²) in [5, 5.41) is 9.27. The Morgan fingerprint density at radius 1 is 1.04 bits per heavy atom. The number of halogens is 1. The van der Waals surface area contributed by atoms with Crippen molar-refractivity contribution in [2.45, 2.75) is 24.8 Å². The summed E-state index contributed by atoms with van der Waals surface area (Å²) in [5.41, 5.74) is 3.17. The van der Waals surface area contributed by atoms with Crippen molar-refractivity contribution in [1.82, 2.24) is 15.2 Å². The summed E-state index contributed by atoms with van der Waals surface area (Å²) in [4.78, 5) is 6.35. The van der Waals surface area contributed by atoms with Gasteiger partial charge in [-0.3, -0.25) is 0 Å². The molecule has 3 rings (SSSR count). The highest BCUT2D eigenvalue weighted by Gasteiger charge is 2.10. The van der Waals surface area contributed by atoms with Crippen LogP contribution < -0.4 is 4.90 Å². The van der Waals surface area contributed by atoms with E-state index in [0.717, 1.165) is 24.2 Å². The normalized spacial score (nSPS) is 10.8. The SMILES string of the molecule is CCN(CC)c1ccc(-c2nnc(SCc3ccc(Cl)nc3)o2)cc1. The summed E-state index contributed by atoms with van der Waals surface area (Å²) in [5.74, 6) is 1.23. The molecule has 0 aliphatic heterocycles. The van der Waals surface area contributed by atoms with Crippen LogP contribution in [0, 0.1) is 0 Å². The average Bonchev–Trinajstić information content (AvgIpc) is 3.12. The summed E-state index contributed by atoms with van der Waals surface area (Å²) in [6.07, 6.45) is 1.75. The largest absolute Gasteiger partial charge is 0.411 e. The maximum Gasteiger partial charge on any atom is 0.277 e. The van der Waals surface area contributed by atoms with Gasteiger partial charge in [-0.25, -0.2) is 4.98 Å². The molecule has 5 nitrogen and oxygen atoms in total. The molecule has 1 aromatic carbocycles. The quantitative estimate of drug-likeness (QED) is 0.432. The van der Waals surface area contributed by atoms with Gasteiger partial charge in [0.1, 0.15) is 5.15 Å². The van der Waals surface area contributed by atoms with Crippen LogP contribution in [0.2, 0.25) is 5.15 Å². The van der Waals surface area contributed by atoms with Crippen LogP contribution in [0.3, 0.4) is 0 Å². The van der Waals surface area contributed by atoms with Crippen LogP contribution in [0.5, 0.6) is 0 Å². The van der Waals surface area contributed by atoms with Crippen LogP contribution in [0.15, 0.2) is 52.2 Å². The van der Waals surface area contributed by atoms with E-state index in [1.165, 1.54) is 17.4 Å². The Labute approximate surface area is 156 Å². The second kappa shape index (κ2) is 8.36. The predicted octanol–water partition coefficient (Wildman–Crippen LogP) is 4.92. The highest BCUT2D eigenvalue weighted by atomic mass is 35.5. The van der Waals surface area contributed by atoms with Gasteiger partial charge in [0.05, 0.1) is 0 Å². The van der Waals surface area contributed by atoms with Gasteiger partial charge in [-0.15, -0.1) is 10.2 Å². The highest BCUT2D eigenvalue weighted by molar-refractivity contribution is 7.98. The number of hydrogen-bond donors (Lipinski definition) is 0. The molecule has 0 atom stereocenters. The molecule has 3 aromatic rings. The van der Waals surface area contributed by atoms with Gasteiger partial charge in [0.2, 0.25) is 5.89 Å². The van der Waals surface area contributed by atoms with Gasteiger partial charge in [0, 0.05) is 36.3 Å². The van der Waals surface area contributed by atoms with Crippen LogP contribution in [0.4, 0.5) is 5.69 Å². The van der Waals surface area contributed by atoms with Crippen molar-refractivity contribution in [3.8, 4) is 11.5 Å². The zero-order valence-corrected chi connectivity index (χ0v) is 15.7. The Kier molecular flexibility index (Phi) is 5.94. The van der Waals surface area contributed by atoms with Crippen molar-refractivity contribution in [1.29, 1.82) is 0 Å². The molecule has 0 spiro atoms. The third kappa shape index (κ3) is 4.52. The second-order valence-electron chi connectivity index (χ2n) is 5.37. The second-order valence-corrected chi connectivity index (χ2v) is 6.68.